The molecule has 3 aromatic carbocycles. The number of benzene rings is 3. The summed E-state index contributed by atoms with van der Waals surface area (Å²) < 4.78 is 12.8. The number of carbonyl (C=O) groups excluding carboxylic acids is 1. The number of hydrazone groups is 1. The van der Waals surface area contributed by atoms with E-state index in [-0.39, 0.29) is 23.3 Å². The maximum atomic E-state index is 12.9. The molecule has 0 aliphatic carbocycles. The van der Waals surface area contributed by atoms with Gasteiger partial charge in [0.15, 0.2) is 0 Å². The third kappa shape index (κ3) is 7.62. The summed E-state index contributed by atoms with van der Waals surface area (Å²) in [5, 5.41) is 10.7. The second-order valence-electron chi connectivity index (χ2n) is 9.38. The Labute approximate surface area is 267 Å². The van der Waals surface area contributed by atoms with E-state index < -0.39 is 5.56 Å². The summed E-state index contributed by atoms with van der Waals surface area (Å²) in [5.41, 5.74) is 3.03. The quantitative estimate of drug-likeness (QED) is 0.0862. The van der Waals surface area contributed by atoms with E-state index in [1.807, 2.05) is 42.5 Å². The number of aldehydes is 1. The van der Waals surface area contributed by atoms with Gasteiger partial charge in [-0.2, -0.15) is 14.9 Å². The van der Waals surface area contributed by atoms with Crippen LogP contribution in [0, 0.1) is 0 Å². The topological polar surface area (TPSA) is 98.9 Å². The second kappa shape index (κ2) is 14.2. The minimum Gasteiger partial charge on any atom is -0.487 e. The lowest BCUT2D eigenvalue weighted by molar-refractivity contribution is 0.112. The van der Waals surface area contributed by atoms with E-state index in [4.69, 9.17) is 44.3 Å². The van der Waals surface area contributed by atoms with Gasteiger partial charge in [-0.15, -0.1) is 0 Å². The largest absolute Gasteiger partial charge is 0.487 e. The number of carbonyl (C=O) groups is 1. The highest BCUT2D eigenvalue weighted by atomic mass is 35.5. The summed E-state index contributed by atoms with van der Waals surface area (Å²) in [5.74, 6) is 1.31. The van der Waals surface area contributed by atoms with Crippen LogP contribution in [0.4, 0.5) is 5.69 Å². The van der Waals surface area contributed by atoms with Crippen molar-refractivity contribution in [1.82, 2.24) is 14.8 Å². The number of anilines is 1. The molecule has 0 spiro atoms. The Morgan fingerprint density at radius 1 is 0.864 bits per heavy atom. The van der Waals surface area contributed by atoms with Crippen LogP contribution >= 0.6 is 34.8 Å². The van der Waals surface area contributed by atoms with Gasteiger partial charge in [0.1, 0.15) is 41.7 Å². The first-order chi connectivity index (χ1) is 21.3. The van der Waals surface area contributed by atoms with Gasteiger partial charge in [-0.1, -0.05) is 40.9 Å². The first-order valence-electron chi connectivity index (χ1n) is 13.2. The van der Waals surface area contributed by atoms with Crippen molar-refractivity contribution in [2.45, 2.75) is 13.2 Å². The number of aromatic nitrogens is 3. The molecule has 12 heteroatoms. The average Bonchev–Trinajstić information content (AvgIpc) is 3.04. The van der Waals surface area contributed by atoms with Gasteiger partial charge in [0.25, 0.3) is 5.56 Å². The maximum Gasteiger partial charge on any atom is 0.292 e. The van der Waals surface area contributed by atoms with Gasteiger partial charge in [0.05, 0.1) is 34.5 Å². The van der Waals surface area contributed by atoms with Crippen molar-refractivity contribution < 1.29 is 14.3 Å². The Kier molecular flexibility index (Phi) is 9.91. The third-order valence-electron chi connectivity index (χ3n) is 6.30. The number of nitrogens with zero attached hydrogens (tertiary/aromatic N) is 5. The van der Waals surface area contributed by atoms with Crippen LogP contribution < -0.4 is 20.0 Å². The molecular formula is C32H24Cl3N5O4. The van der Waals surface area contributed by atoms with Gasteiger partial charge in [0, 0.05) is 17.6 Å². The zero-order chi connectivity index (χ0) is 31.1. The first-order valence-corrected chi connectivity index (χ1v) is 14.3. The molecule has 9 nitrogen and oxygen atoms in total. The Morgan fingerprint density at radius 3 is 2.07 bits per heavy atom. The highest BCUT2D eigenvalue weighted by molar-refractivity contribution is 6.36. The molecule has 44 heavy (non-hydrogen) atoms. The Morgan fingerprint density at radius 2 is 1.48 bits per heavy atom. The molecule has 0 amide bonds. The monoisotopic (exact) mass is 647 g/mol. The number of hydrogen-bond donors (Lipinski definition) is 0. The van der Waals surface area contributed by atoms with E-state index in [1.165, 1.54) is 17.3 Å². The van der Waals surface area contributed by atoms with E-state index in [0.29, 0.717) is 33.5 Å². The molecule has 0 bridgehead atoms. The van der Waals surface area contributed by atoms with Crippen LogP contribution in [0.1, 0.15) is 27.3 Å². The van der Waals surface area contributed by atoms with E-state index in [0.717, 1.165) is 27.9 Å². The molecular weight excluding hydrogens is 625 g/mol. The Bertz CT molecular complexity index is 1860. The predicted molar refractivity (Wildman–Crippen MR) is 172 cm³/mol. The van der Waals surface area contributed by atoms with E-state index in [2.05, 4.69) is 15.2 Å². The van der Waals surface area contributed by atoms with Crippen molar-refractivity contribution in [2.75, 3.05) is 12.1 Å². The number of ether oxygens (including phenoxy) is 2. The number of hydrogen-bond acceptors (Lipinski definition) is 8. The SMILES string of the molecule is CN(/N=C/c1ccc(OCc2cccc(COc3ccc(C=O)cc3)n2)cc1)c1cnn(-c2ccc(Cl)cc2Cl)c(=O)c1Cl. The molecule has 0 unspecified atom stereocenters. The molecule has 0 aliphatic rings. The van der Waals surface area contributed by atoms with Gasteiger partial charge in [-0.25, -0.2) is 0 Å². The Balaban J connectivity index is 1.17. The van der Waals surface area contributed by atoms with Gasteiger partial charge in [0.2, 0.25) is 0 Å². The van der Waals surface area contributed by atoms with Crippen LogP contribution in [0.25, 0.3) is 5.69 Å². The molecule has 5 rings (SSSR count). The van der Waals surface area contributed by atoms with Crippen LogP contribution in [0.5, 0.6) is 11.5 Å². The van der Waals surface area contributed by atoms with Gasteiger partial charge >= 0.3 is 0 Å². The zero-order valence-corrected chi connectivity index (χ0v) is 25.5. The molecule has 2 heterocycles. The van der Waals surface area contributed by atoms with Gasteiger partial charge in [-0.3, -0.25) is 19.6 Å². The predicted octanol–water partition coefficient (Wildman–Crippen LogP) is 7.03. The smallest absolute Gasteiger partial charge is 0.292 e. The normalized spacial score (nSPS) is 11.0. The van der Waals surface area contributed by atoms with Crippen LogP contribution in [0.3, 0.4) is 0 Å². The molecule has 5 aromatic rings. The van der Waals surface area contributed by atoms with Crippen LogP contribution in [0.15, 0.2) is 101 Å². The molecule has 222 valence electrons. The summed E-state index contributed by atoms with van der Waals surface area (Å²) in [7, 11) is 1.66. The zero-order valence-electron chi connectivity index (χ0n) is 23.2. The minimum atomic E-state index is -0.546. The fourth-order valence-electron chi connectivity index (χ4n) is 3.99. The number of pyridine rings is 1. The van der Waals surface area contributed by atoms with E-state index in [9.17, 15) is 9.59 Å². The van der Waals surface area contributed by atoms with Crippen LogP contribution in [-0.4, -0.2) is 34.3 Å². The third-order valence-corrected chi connectivity index (χ3v) is 7.19. The number of halogens is 3. The molecule has 0 radical (unpaired) electrons. The van der Waals surface area contributed by atoms with E-state index >= 15 is 0 Å². The van der Waals surface area contributed by atoms with Crippen molar-refractivity contribution in [3.05, 3.63) is 139 Å². The molecule has 0 saturated carbocycles. The average molecular weight is 649 g/mol. The molecule has 0 saturated heterocycles. The summed E-state index contributed by atoms with van der Waals surface area (Å²) in [6, 6.07) is 24.6. The Hall–Kier alpha value is -4.70. The summed E-state index contributed by atoms with van der Waals surface area (Å²) in [4.78, 5) is 28.3. The fourth-order valence-corrected chi connectivity index (χ4v) is 4.73. The van der Waals surface area contributed by atoms with Gasteiger partial charge < -0.3 is 9.47 Å². The lowest BCUT2D eigenvalue weighted by Crippen LogP contribution is -2.24. The van der Waals surface area contributed by atoms with Crippen molar-refractivity contribution in [3.8, 4) is 17.2 Å². The molecule has 2 aromatic heterocycles. The molecule has 0 N–H and O–H groups in total. The lowest BCUT2D eigenvalue weighted by atomic mass is 10.2. The summed E-state index contributed by atoms with van der Waals surface area (Å²) in [6.45, 7) is 0.560. The van der Waals surface area contributed by atoms with Crippen LogP contribution in [-0.2, 0) is 13.2 Å². The van der Waals surface area contributed by atoms with Crippen LogP contribution in [0.2, 0.25) is 15.1 Å². The second-order valence-corrected chi connectivity index (χ2v) is 10.6. The summed E-state index contributed by atoms with van der Waals surface area (Å²) in [6.07, 6.45) is 3.85. The first kappa shape index (κ1) is 30.7. The fraction of sp³-hybridized carbons (Fsp3) is 0.0938. The molecule has 0 atom stereocenters. The molecule has 0 fully saturated rings. The molecule has 0 aliphatic heterocycles. The standard InChI is InChI=1S/C32H24Cl3N5O4/c1-39(30-17-37-40(32(42)31(30)35)29-14-9-23(33)15-28(29)34)36-16-21-5-10-26(11-6-21)43-19-24-3-2-4-25(38-24)20-44-27-12-7-22(18-41)8-13-27/h2-18H,19-20H2,1H3/b36-16+. The highest BCUT2D eigenvalue weighted by Crippen LogP contribution is 2.25. The number of rotatable bonds is 11. The highest BCUT2D eigenvalue weighted by Gasteiger charge is 2.15. The van der Waals surface area contributed by atoms with E-state index in [1.54, 1.807) is 49.7 Å². The van der Waals surface area contributed by atoms with Crippen molar-refractivity contribution in [1.29, 1.82) is 0 Å². The minimum absolute atomic E-state index is 0.0631. The van der Waals surface area contributed by atoms with Crippen molar-refractivity contribution in [3.63, 3.8) is 0 Å². The van der Waals surface area contributed by atoms with Crippen molar-refractivity contribution >= 4 is 53.0 Å². The summed E-state index contributed by atoms with van der Waals surface area (Å²) >= 11 is 18.6. The maximum absolute atomic E-state index is 12.9. The van der Waals surface area contributed by atoms with Crippen molar-refractivity contribution in [2.24, 2.45) is 5.10 Å². The lowest BCUT2D eigenvalue weighted by Gasteiger charge is -2.15. The van der Waals surface area contributed by atoms with Gasteiger partial charge in [-0.05, 0) is 84.4 Å².